The van der Waals surface area contributed by atoms with E-state index >= 15 is 14.4 Å². The van der Waals surface area contributed by atoms with Crippen LogP contribution in [0.25, 0.3) is 0 Å². The van der Waals surface area contributed by atoms with Crippen molar-refractivity contribution >= 4 is 65.0 Å². The molecule has 2 fully saturated rings. The Hall–Kier alpha value is -6.81. The van der Waals surface area contributed by atoms with E-state index in [2.05, 4.69) is 21.3 Å². The number of carbonyl (C=O) groups excluding carboxylic acids is 11. The summed E-state index contributed by atoms with van der Waals surface area (Å²) >= 11 is 0. The predicted octanol–water partition coefficient (Wildman–Crippen LogP) is 3.40. The van der Waals surface area contributed by atoms with Gasteiger partial charge in [0, 0.05) is 54.7 Å². The number of hydrogen-bond acceptors (Lipinski definition) is 13. The Kier molecular flexibility index (Phi) is 27.3. The van der Waals surface area contributed by atoms with Crippen LogP contribution in [0.15, 0.2) is 24.3 Å². The Morgan fingerprint density at radius 3 is 1.71 bits per heavy atom. The fourth-order valence-corrected chi connectivity index (χ4v) is 11.1. The summed E-state index contributed by atoms with van der Waals surface area (Å²) in [7, 11) is 8.54. The molecule has 0 radical (unpaired) electrons. The van der Waals surface area contributed by atoms with Crippen LogP contribution in [0.4, 0.5) is 0 Å². The van der Waals surface area contributed by atoms with Gasteiger partial charge in [0.2, 0.25) is 53.2 Å². The molecular weight excluding hydrogens is 1090 g/mol. The lowest BCUT2D eigenvalue weighted by atomic mass is 9.92. The van der Waals surface area contributed by atoms with Crippen LogP contribution in [0, 0.1) is 35.0 Å². The molecule has 0 aliphatic carbocycles. The molecule has 4 N–H and O–H groups in total. The maximum absolute atomic E-state index is 15.3. The second kappa shape index (κ2) is 32.1. The van der Waals surface area contributed by atoms with Gasteiger partial charge in [0.05, 0.1) is 20.1 Å². The maximum Gasteiger partial charge on any atom is 0.329 e. The lowest BCUT2D eigenvalue weighted by molar-refractivity contribution is -0.165. The number of rotatable bonds is 13. The number of benzene rings is 1. The molecule has 3 rings (SSSR count). The fourth-order valence-electron chi connectivity index (χ4n) is 11.1. The van der Waals surface area contributed by atoms with Gasteiger partial charge in [-0.05, 0) is 78.9 Å². The van der Waals surface area contributed by atoms with Crippen molar-refractivity contribution in [3.05, 3.63) is 29.8 Å². The Bertz CT molecular complexity index is 2520. The van der Waals surface area contributed by atoms with Gasteiger partial charge in [-0.25, -0.2) is 4.79 Å². The predicted molar refractivity (Wildman–Crippen MR) is 322 cm³/mol. The minimum Gasteiger partial charge on any atom is -0.497 e. The van der Waals surface area contributed by atoms with Gasteiger partial charge < -0.3 is 60.1 Å². The number of fused-ring (bicyclic) bond motifs is 1. The largest absolute Gasteiger partial charge is 0.497 e. The highest BCUT2D eigenvalue weighted by Crippen LogP contribution is 2.27. The highest BCUT2D eigenvalue weighted by Gasteiger charge is 2.46. The number of piperidine rings is 1. The van der Waals surface area contributed by atoms with Gasteiger partial charge in [0.15, 0.2) is 6.10 Å². The van der Waals surface area contributed by atoms with Crippen molar-refractivity contribution in [3.63, 3.8) is 0 Å². The maximum atomic E-state index is 15.3. The Balaban J connectivity index is 2.31. The van der Waals surface area contributed by atoms with Crippen molar-refractivity contribution < 1.29 is 62.2 Å². The molecule has 2 aliphatic heterocycles. The molecule has 10 amide bonds. The number of ether oxygens (including phenoxy) is 2. The van der Waals surface area contributed by atoms with Crippen LogP contribution in [0.5, 0.6) is 5.75 Å². The highest BCUT2D eigenvalue weighted by molar-refractivity contribution is 6.00. The van der Waals surface area contributed by atoms with E-state index < -0.39 is 162 Å². The summed E-state index contributed by atoms with van der Waals surface area (Å²) in [5.41, 5.74) is 0.231. The first-order valence-corrected chi connectivity index (χ1v) is 30.2. The molecule has 0 bridgehead atoms. The number of cyclic esters (lactones) is 1. The summed E-state index contributed by atoms with van der Waals surface area (Å²) < 4.78 is 11.2. The van der Waals surface area contributed by atoms with Crippen molar-refractivity contribution in [2.75, 3.05) is 62.0 Å². The van der Waals surface area contributed by atoms with E-state index in [-0.39, 0.29) is 31.3 Å². The highest BCUT2D eigenvalue weighted by atomic mass is 16.5. The zero-order chi connectivity index (χ0) is 64.7. The van der Waals surface area contributed by atoms with Crippen LogP contribution in [-0.4, -0.2) is 211 Å². The minimum absolute atomic E-state index is 0.109. The average molecular weight is 1200 g/mol. The molecule has 23 heteroatoms. The van der Waals surface area contributed by atoms with Crippen molar-refractivity contribution in [1.29, 1.82) is 0 Å². The third-order valence-corrected chi connectivity index (χ3v) is 16.6. The van der Waals surface area contributed by atoms with Gasteiger partial charge in [0.25, 0.3) is 5.91 Å². The third kappa shape index (κ3) is 19.1. The molecule has 1 aromatic rings. The lowest BCUT2D eigenvalue weighted by Gasteiger charge is -2.41. The molecule has 2 saturated heterocycles. The van der Waals surface area contributed by atoms with E-state index in [0.29, 0.717) is 37.0 Å². The van der Waals surface area contributed by atoms with E-state index in [9.17, 15) is 38.4 Å². The molecule has 23 nitrogen and oxygen atoms in total. The average Bonchev–Trinajstić information content (AvgIpc) is 2.75. The standard InChI is InChI=1S/C62H102N10O13/c1-21-38(9)51-53(75)63-33-47(74)68(16)49(36(5)6)54(76)65-43(31-41-26-28-42(84-20)29-27-41)61(83)85-40(11)56(78)72-30-24-23-25-44(72)57(79)69(17)50(37(7)8)55(77)66-48(35(3)4)59(81)67(15)45(32-46(73)64-34-62(12,13)14)58(80)71(19)52(39(10)22-2)60(82)70(51)18/h26-29,35-40,43-45,48-52H,21-25,30-34H2,1-20H3,(H,63,75)(H,64,73)(H,65,76)(H,66,77)/t38-,39-,40-,43-,44-,45-,48-,49-,50-,51-,52-/m0/s1. The fraction of sp³-hybridized carbons (Fsp3) is 0.726. The SMILES string of the molecule is CC[C@H](C)[C@H]1C(=O)NCC(=O)N(C)[C@@H](C(C)C)C(=O)N[C@@H](Cc2ccc(OC)cc2)C(=O)O[C@@H](C)C(=O)N2CCCC[C@H]2C(=O)N(C)[C@@H](C(C)C)C(=O)N[C@@H](C(C)C)C(=O)N(C)[C@@H](CC(=O)NCC(C)(C)C)C(=O)N(C)[C@@H]([C@@H](C)CC)C(=O)N1C. The first kappa shape index (κ1) is 72.4. The molecule has 2 heterocycles. The number of hydrogen-bond donors (Lipinski definition) is 4. The zero-order valence-electron chi connectivity index (χ0n) is 54.5. The summed E-state index contributed by atoms with van der Waals surface area (Å²) in [6.45, 7) is 24.3. The van der Waals surface area contributed by atoms with Crippen LogP contribution >= 0.6 is 0 Å². The summed E-state index contributed by atoms with van der Waals surface area (Å²) in [4.78, 5) is 168. The van der Waals surface area contributed by atoms with Gasteiger partial charge in [-0.2, -0.15) is 0 Å². The summed E-state index contributed by atoms with van der Waals surface area (Å²) in [6.07, 6.45) is -0.0272. The first-order valence-electron chi connectivity index (χ1n) is 30.2. The van der Waals surface area contributed by atoms with Crippen LogP contribution in [-0.2, 0) is 63.9 Å². The number of nitrogens with one attached hydrogen (secondary N) is 4. The van der Waals surface area contributed by atoms with E-state index in [4.69, 9.17) is 9.47 Å². The van der Waals surface area contributed by atoms with Gasteiger partial charge in [-0.3, -0.25) is 47.9 Å². The molecule has 2 aliphatic rings. The van der Waals surface area contributed by atoms with Crippen LogP contribution in [0.1, 0.15) is 141 Å². The molecule has 1 aromatic carbocycles. The monoisotopic (exact) mass is 1190 g/mol. The van der Waals surface area contributed by atoms with Crippen molar-refractivity contribution in [2.45, 2.75) is 196 Å². The summed E-state index contributed by atoms with van der Waals surface area (Å²) in [5.74, 6) is -9.93. The van der Waals surface area contributed by atoms with E-state index in [1.54, 1.807) is 79.7 Å². The van der Waals surface area contributed by atoms with E-state index in [1.807, 2.05) is 34.6 Å². The van der Waals surface area contributed by atoms with Crippen molar-refractivity contribution in [1.82, 2.24) is 50.7 Å². The topological polar surface area (TPSA) is 274 Å². The number of esters is 1. The minimum atomic E-state index is -1.52. The number of carbonyl (C=O) groups is 11. The molecule has 0 saturated carbocycles. The molecule has 478 valence electrons. The molecular formula is C62H102N10O13. The number of methoxy groups -OCH3 is 1. The van der Waals surface area contributed by atoms with Crippen molar-refractivity contribution in [3.8, 4) is 5.75 Å². The van der Waals surface area contributed by atoms with Gasteiger partial charge in [-0.15, -0.1) is 0 Å². The summed E-state index contributed by atoms with van der Waals surface area (Å²) in [5, 5.41) is 11.2. The smallest absolute Gasteiger partial charge is 0.329 e. The molecule has 11 atom stereocenters. The zero-order valence-corrected chi connectivity index (χ0v) is 54.5. The Labute approximate surface area is 505 Å². The second-order valence-electron chi connectivity index (χ2n) is 25.6. The van der Waals surface area contributed by atoms with Gasteiger partial charge in [-0.1, -0.05) is 115 Å². The van der Waals surface area contributed by atoms with Crippen molar-refractivity contribution in [2.24, 2.45) is 35.0 Å². The number of likely N-dealkylation sites (N-methyl/N-ethyl adjacent to an activating group) is 5. The molecule has 0 unspecified atom stereocenters. The second-order valence-corrected chi connectivity index (χ2v) is 25.6. The van der Waals surface area contributed by atoms with E-state index in [1.165, 1.54) is 68.9 Å². The Morgan fingerprint density at radius 1 is 0.647 bits per heavy atom. The number of nitrogens with zero attached hydrogens (tertiary/aromatic N) is 6. The van der Waals surface area contributed by atoms with Crippen LogP contribution in [0.3, 0.4) is 0 Å². The quantitative estimate of drug-likeness (QED) is 0.207. The lowest BCUT2D eigenvalue weighted by Crippen LogP contribution is -2.63. The van der Waals surface area contributed by atoms with Crippen LogP contribution < -0.4 is 26.0 Å². The molecule has 0 aromatic heterocycles. The van der Waals surface area contributed by atoms with E-state index in [0.717, 1.165) is 9.80 Å². The molecule has 0 spiro atoms. The van der Waals surface area contributed by atoms with Crippen LogP contribution in [0.2, 0.25) is 0 Å². The summed E-state index contributed by atoms with van der Waals surface area (Å²) in [6, 6.07) is -3.39. The molecule has 85 heavy (non-hydrogen) atoms. The Morgan fingerprint density at radius 2 is 1.18 bits per heavy atom. The normalized spacial score (nSPS) is 26.0. The third-order valence-electron chi connectivity index (χ3n) is 16.6. The first-order chi connectivity index (χ1) is 39.6. The number of amides is 10. The van der Waals surface area contributed by atoms with Gasteiger partial charge >= 0.3 is 5.97 Å². The van der Waals surface area contributed by atoms with Gasteiger partial charge in [0.1, 0.15) is 54.1 Å².